The highest BCUT2D eigenvalue weighted by Gasteiger charge is 2.12. The zero-order valence-electron chi connectivity index (χ0n) is 8.25. The van der Waals surface area contributed by atoms with Crippen molar-refractivity contribution in [2.24, 2.45) is 0 Å². The van der Waals surface area contributed by atoms with Crippen LogP contribution in [0.5, 0.6) is 0 Å². The Bertz CT molecular complexity index is 687. The van der Waals surface area contributed by atoms with E-state index in [1.54, 1.807) is 6.07 Å². The predicted octanol–water partition coefficient (Wildman–Crippen LogP) is 2.86. The second-order valence-corrected chi connectivity index (χ2v) is 5.96. The SMILES string of the molecule is Fn1c2c(c3ccc(Br)cc31)=CCC(Br)C=2. The second-order valence-electron chi connectivity index (χ2n) is 3.86. The zero-order valence-corrected chi connectivity index (χ0v) is 11.4. The molecular formula is C12H8Br2FN. The lowest BCUT2D eigenvalue weighted by Gasteiger charge is -2.02. The van der Waals surface area contributed by atoms with E-state index in [0.717, 1.165) is 26.3 Å². The van der Waals surface area contributed by atoms with Gasteiger partial charge in [0.05, 0.1) is 10.9 Å². The normalized spacial score (nSPS) is 19.1. The van der Waals surface area contributed by atoms with Gasteiger partial charge in [-0.05, 0) is 24.6 Å². The van der Waals surface area contributed by atoms with E-state index < -0.39 is 0 Å². The van der Waals surface area contributed by atoms with Crippen LogP contribution in [-0.2, 0) is 0 Å². The summed E-state index contributed by atoms with van der Waals surface area (Å²) in [6.07, 6.45) is 4.91. The molecule has 3 rings (SSSR count). The van der Waals surface area contributed by atoms with Crippen LogP contribution in [-0.4, -0.2) is 9.62 Å². The van der Waals surface area contributed by atoms with E-state index in [9.17, 15) is 4.48 Å². The quantitative estimate of drug-likeness (QED) is 0.648. The van der Waals surface area contributed by atoms with Crippen LogP contribution < -0.4 is 10.6 Å². The molecular weight excluding hydrogens is 337 g/mol. The van der Waals surface area contributed by atoms with E-state index in [-0.39, 0.29) is 4.83 Å². The molecule has 1 aliphatic rings. The molecule has 1 aliphatic carbocycles. The van der Waals surface area contributed by atoms with E-state index in [2.05, 4.69) is 37.9 Å². The topological polar surface area (TPSA) is 4.93 Å². The second kappa shape index (κ2) is 3.70. The van der Waals surface area contributed by atoms with E-state index in [0.29, 0.717) is 10.9 Å². The molecule has 0 fully saturated rings. The number of benzene rings is 1. The minimum absolute atomic E-state index is 0.224. The number of halogens is 3. The van der Waals surface area contributed by atoms with Crippen molar-refractivity contribution < 1.29 is 4.48 Å². The number of alkyl halides is 1. The maximum absolute atomic E-state index is 14.1. The van der Waals surface area contributed by atoms with Gasteiger partial charge in [-0.3, -0.25) is 0 Å². The average Bonchev–Trinajstić information content (AvgIpc) is 2.53. The number of nitrogens with zero attached hydrogens (tertiary/aromatic N) is 1. The van der Waals surface area contributed by atoms with E-state index in [1.807, 2.05) is 18.2 Å². The molecule has 0 N–H and O–H groups in total. The Hall–Kier alpha value is -0.610. The molecule has 0 spiro atoms. The predicted molar refractivity (Wildman–Crippen MR) is 71.7 cm³/mol. The van der Waals surface area contributed by atoms with Crippen molar-refractivity contribution in [1.29, 1.82) is 0 Å². The van der Waals surface area contributed by atoms with Crippen LogP contribution >= 0.6 is 31.9 Å². The Kier molecular flexibility index (Phi) is 2.44. The third-order valence-electron chi connectivity index (χ3n) is 2.83. The van der Waals surface area contributed by atoms with Crippen molar-refractivity contribution in [3.8, 4) is 0 Å². The molecule has 1 unspecified atom stereocenters. The highest BCUT2D eigenvalue weighted by Crippen LogP contribution is 2.18. The van der Waals surface area contributed by atoms with Crippen LogP contribution in [0.15, 0.2) is 22.7 Å². The fourth-order valence-electron chi connectivity index (χ4n) is 2.11. The van der Waals surface area contributed by atoms with Gasteiger partial charge in [0.25, 0.3) is 0 Å². The fraction of sp³-hybridized carbons (Fsp3) is 0.167. The first-order valence-electron chi connectivity index (χ1n) is 4.99. The smallest absolute Gasteiger partial charge is 0.0837 e. The molecule has 0 saturated heterocycles. The summed E-state index contributed by atoms with van der Waals surface area (Å²) in [5, 5.41) is 2.62. The third-order valence-corrected chi connectivity index (χ3v) is 3.97. The van der Waals surface area contributed by atoms with Crippen molar-refractivity contribution in [2.75, 3.05) is 0 Å². The van der Waals surface area contributed by atoms with Gasteiger partial charge in [0, 0.05) is 19.9 Å². The molecule has 0 bridgehead atoms. The Morgan fingerprint density at radius 2 is 2.19 bits per heavy atom. The van der Waals surface area contributed by atoms with Gasteiger partial charge in [-0.1, -0.05) is 48.5 Å². The molecule has 1 nitrogen and oxygen atoms in total. The largest absolute Gasteiger partial charge is 0.179 e. The first-order valence-corrected chi connectivity index (χ1v) is 6.70. The summed E-state index contributed by atoms with van der Waals surface area (Å²) < 4.78 is 15.0. The van der Waals surface area contributed by atoms with Gasteiger partial charge in [0.15, 0.2) is 0 Å². The Morgan fingerprint density at radius 1 is 1.38 bits per heavy atom. The first-order chi connectivity index (χ1) is 7.66. The zero-order chi connectivity index (χ0) is 11.3. The number of hydrogen-bond acceptors (Lipinski definition) is 0. The Balaban J connectivity index is 2.55. The molecule has 82 valence electrons. The third kappa shape index (κ3) is 1.47. The molecule has 1 heterocycles. The lowest BCUT2D eigenvalue weighted by atomic mass is 10.1. The van der Waals surface area contributed by atoms with Crippen LogP contribution in [0, 0.1) is 0 Å². The van der Waals surface area contributed by atoms with Crippen molar-refractivity contribution in [3.05, 3.63) is 33.2 Å². The fourth-order valence-corrected chi connectivity index (χ4v) is 2.89. The van der Waals surface area contributed by atoms with Crippen LogP contribution in [0.2, 0.25) is 0 Å². The molecule has 16 heavy (non-hydrogen) atoms. The number of rotatable bonds is 0. The molecule has 0 amide bonds. The number of hydrogen-bond donors (Lipinski definition) is 0. The van der Waals surface area contributed by atoms with Gasteiger partial charge in [-0.25, -0.2) is 0 Å². The number of fused-ring (bicyclic) bond motifs is 3. The van der Waals surface area contributed by atoms with E-state index >= 15 is 0 Å². The van der Waals surface area contributed by atoms with Gasteiger partial charge < -0.3 is 0 Å². The molecule has 0 radical (unpaired) electrons. The highest BCUT2D eigenvalue weighted by molar-refractivity contribution is 9.10. The summed E-state index contributed by atoms with van der Waals surface area (Å²) in [5.41, 5.74) is 0.619. The van der Waals surface area contributed by atoms with E-state index in [4.69, 9.17) is 0 Å². The van der Waals surface area contributed by atoms with Crippen molar-refractivity contribution in [3.63, 3.8) is 0 Å². The van der Waals surface area contributed by atoms with Gasteiger partial charge in [-0.15, -0.1) is 0 Å². The lowest BCUT2D eigenvalue weighted by molar-refractivity contribution is 0.375. The maximum atomic E-state index is 14.1. The standard InChI is InChI=1S/C12H8Br2FN/c13-7-1-3-9-10-4-2-8(14)6-12(10)16(15)11(9)5-7/h1,3-6,8H,2H2. The van der Waals surface area contributed by atoms with Gasteiger partial charge in [0.2, 0.25) is 0 Å². The van der Waals surface area contributed by atoms with Crippen molar-refractivity contribution in [1.82, 2.24) is 4.79 Å². The Labute approximate surface area is 108 Å². The van der Waals surface area contributed by atoms with Crippen LogP contribution in [0.3, 0.4) is 0 Å². The van der Waals surface area contributed by atoms with Crippen LogP contribution in [0.25, 0.3) is 23.1 Å². The first kappa shape index (κ1) is 10.5. The molecule has 1 aromatic carbocycles. The molecule has 2 aromatic rings. The molecule has 0 saturated carbocycles. The summed E-state index contributed by atoms with van der Waals surface area (Å²) in [4.78, 5) is 0.988. The lowest BCUT2D eigenvalue weighted by Crippen LogP contribution is -2.30. The molecule has 4 heteroatoms. The monoisotopic (exact) mass is 343 g/mol. The maximum Gasteiger partial charge on any atom is 0.0837 e. The van der Waals surface area contributed by atoms with E-state index in [1.165, 1.54) is 0 Å². The van der Waals surface area contributed by atoms with Crippen molar-refractivity contribution >= 4 is 54.9 Å². The highest BCUT2D eigenvalue weighted by atomic mass is 79.9. The van der Waals surface area contributed by atoms with Crippen molar-refractivity contribution in [2.45, 2.75) is 11.2 Å². The van der Waals surface area contributed by atoms with Gasteiger partial charge in [-0.2, -0.15) is 4.79 Å². The molecule has 1 aromatic heterocycles. The Morgan fingerprint density at radius 3 is 3.00 bits per heavy atom. The molecule has 1 atom stereocenters. The number of aromatic nitrogens is 1. The average molecular weight is 345 g/mol. The van der Waals surface area contributed by atoms with Gasteiger partial charge in [0.1, 0.15) is 0 Å². The molecule has 0 aliphatic heterocycles. The summed E-state index contributed by atoms with van der Waals surface area (Å²) in [6, 6.07) is 5.70. The summed E-state index contributed by atoms with van der Waals surface area (Å²) >= 11 is 6.85. The van der Waals surface area contributed by atoms with Gasteiger partial charge >= 0.3 is 0 Å². The van der Waals surface area contributed by atoms with Crippen LogP contribution in [0.4, 0.5) is 4.48 Å². The van der Waals surface area contributed by atoms with Crippen LogP contribution in [0.1, 0.15) is 6.42 Å². The summed E-state index contributed by atoms with van der Waals surface area (Å²) in [7, 11) is 0. The minimum Gasteiger partial charge on any atom is -0.179 e. The summed E-state index contributed by atoms with van der Waals surface area (Å²) in [6.45, 7) is 0. The summed E-state index contributed by atoms with van der Waals surface area (Å²) in [5.74, 6) is 0. The minimum atomic E-state index is 0.224.